The van der Waals surface area contributed by atoms with Crippen molar-refractivity contribution in [2.75, 3.05) is 11.0 Å². The molecule has 88 valence electrons. The van der Waals surface area contributed by atoms with Gasteiger partial charge < -0.3 is 5.32 Å². The molecule has 1 aromatic carbocycles. The highest BCUT2D eigenvalue weighted by Crippen LogP contribution is 2.15. The predicted molar refractivity (Wildman–Crippen MR) is 79.3 cm³/mol. The number of rotatable bonds is 5. The van der Waals surface area contributed by atoms with Crippen molar-refractivity contribution in [3.05, 3.63) is 33.8 Å². The zero-order valence-corrected chi connectivity index (χ0v) is 13.0. The average Bonchev–Trinajstić information content (AvgIpc) is 2.27. The Hall–Kier alpha value is -0.100. The normalized spacial score (nSPS) is 10.2. The molecule has 16 heavy (non-hydrogen) atoms. The van der Waals surface area contributed by atoms with Gasteiger partial charge in [0.2, 0.25) is 0 Å². The van der Waals surface area contributed by atoms with Gasteiger partial charge in [0.1, 0.15) is 0 Å². The molecular weight excluding hydrogens is 381 g/mol. The highest BCUT2D eigenvalue weighted by Gasteiger charge is 2.08. The van der Waals surface area contributed by atoms with Gasteiger partial charge in [0.05, 0.1) is 0 Å². The number of halogens is 2. The van der Waals surface area contributed by atoms with E-state index in [9.17, 15) is 4.79 Å². The van der Waals surface area contributed by atoms with Crippen molar-refractivity contribution in [3.63, 3.8) is 0 Å². The first-order chi connectivity index (χ1) is 7.65. The molecule has 1 aromatic rings. The third-order valence-corrected chi connectivity index (χ3v) is 3.55. The molecule has 0 heterocycles. The van der Waals surface area contributed by atoms with E-state index in [1.807, 2.05) is 25.1 Å². The minimum atomic E-state index is 0.0206. The van der Waals surface area contributed by atoms with Crippen LogP contribution in [0.4, 0.5) is 0 Å². The molecule has 1 amide bonds. The van der Waals surface area contributed by atoms with E-state index in [0.29, 0.717) is 0 Å². The molecule has 0 fully saturated rings. The van der Waals surface area contributed by atoms with Crippen molar-refractivity contribution in [1.82, 2.24) is 5.32 Å². The first-order valence-corrected chi connectivity index (χ1v) is 7.57. The molecular formula is C12H15BrINO. The Morgan fingerprint density at radius 3 is 2.88 bits per heavy atom. The summed E-state index contributed by atoms with van der Waals surface area (Å²) >= 11 is 5.72. The van der Waals surface area contributed by atoms with Crippen LogP contribution >= 0.6 is 38.5 Å². The van der Waals surface area contributed by atoms with Crippen molar-refractivity contribution < 1.29 is 4.79 Å². The van der Waals surface area contributed by atoms with E-state index in [0.717, 1.165) is 39.4 Å². The second kappa shape index (κ2) is 7.27. The van der Waals surface area contributed by atoms with E-state index in [2.05, 4.69) is 43.8 Å². The monoisotopic (exact) mass is 395 g/mol. The van der Waals surface area contributed by atoms with Gasteiger partial charge in [-0.25, -0.2) is 0 Å². The van der Waals surface area contributed by atoms with Crippen LogP contribution in [0.5, 0.6) is 0 Å². The van der Waals surface area contributed by atoms with Crippen LogP contribution in [0.25, 0.3) is 0 Å². The second-order valence-electron chi connectivity index (χ2n) is 3.61. The molecule has 0 aromatic heterocycles. The lowest BCUT2D eigenvalue weighted by Gasteiger charge is -2.07. The Morgan fingerprint density at radius 2 is 2.19 bits per heavy atom. The number of aryl methyl sites for hydroxylation is 1. The van der Waals surface area contributed by atoms with Gasteiger partial charge in [-0.1, -0.05) is 44.6 Å². The van der Waals surface area contributed by atoms with Crippen LogP contribution in [0.1, 0.15) is 28.8 Å². The number of alkyl halides is 1. The fraction of sp³-hybridized carbons (Fsp3) is 0.417. The second-order valence-corrected chi connectivity index (χ2v) is 5.61. The van der Waals surface area contributed by atoms with Gasteiger partial charge in [-0.05, 0) is 41.9 Å². The molecule has 0 aliphatic rings. The smallest absolute Gasteiger partial charge is 0.251 e. The summed E-state index contributed by atoms with van der Waals surface area (Å²) in [5.41, 5.74) is 1.76. The van der Waals surface area contributed by atoms with Gasteiger partial charge >= 0.3 is 0 Å². The predicted octanol–water partition coefficient (Wildman–Crippen LogP) is 3.70. The van der Waals surface area contributed by atoms with Crippen molar-refractivity contribution in [3.8, 4) is 0 Å². The summed E-state index contributed by atoms with van der Waals surface area (Å²) in [6, 6.07) is 5.76. The molecule has 0 radical (unpaired) electrons. The fourth-order valence-electron chi connectivity index (χ4n) is 1.36. The lowest BCUT2D eigenvalue weighted by molar-refractivity contribution is 0.0952. The van der Waals surface area contributed by atoms with E-state index in [1.165, 1.54) is 0 Å². The summed E-state index contributed by atoms with van der Waals surface area (Å²) in [6.07, 6.45) is 2.19. The van der Waals surface area contributed by atoms with Gasteiger partial charge in [0.15, 0.2) is 0 Å². The van der Waals surface area contributed by atoms with E-state index in [4.69, 9.17) is 0 Å². The summed E-state index contributed by atoms with van der Waals surface area (Å²) in [5, 5.41) is 2.94. The van der Waals surface area contributed by atoms with E-state index >= 15 is 0 Å². The average molecular weight is 396 g/mol. The number of nitrogens with one attached hydrogen (secondary N) is 1. The number of benzene rings is 1. The molecule has 0 aliphatic carbocycles. The number of hydrogen-bond acceptors (Lipinski definition) is 1. The van der Waals surface area contributed by atoms with Crippen molar-refractivity contribution in [2.24, 2.45) is 0 Å². The topological polar surface area (TPSA) is 29.1 Å². The summed E-state index contributed by atoms with van der Waals surface area (Å²) < 4.78 is 2.08. The molecule has 1 N–H and O–H groups in total. The Balaban J connectivity index is 2.55. The Bertz CT molecular complexity index is 368. The van der Waals surface area contributed by atoms with Crippen molar-refractivity contribution in [2.45, 2.75) is 19.8 Å². The van der Waals surface area contributed by atoms with E-state index < -0.39 is 0 Å². The van der Waals surface area contributed by atoms with Crippen LogP contribution in [-0.2, 0) is 0 Å². The highest BCUT2D eigenvalue weighted by molar-refractivity contribution is 14.1. The highest BCUT2D eigenvalue weighted by atomic mass is 127. The maximum absolute atomic E-state index is 11.8. The molecule has 0 unspecified atom stereocenters. The molecule has 0 aliphatic heterocycles. The largest absolute Gasteiger partial charge is 0.352 e. The minimum absolute atomic E-state index is 0.0206. The Morgan fingerprint density at radius 1 is 1.44 bits per heavy atom. The van der Waals surface area contributed by atoms with Crippen LogP contribution in [0, 0.1) is 6.92 Å². The molecule has 2 nitrogen and oxygen atoms in total. The first kappa shape index (κ1) is 14.0. The minimum Gasteiger partial charge on any atom is -0.352 e. The lowest BCUT2D eigenvalue weighted by atomic mass is 10.1. The fourth-order valence-corrected chi connectivity index (χ4v) is 2.26. The van der Waals surface area contributed by atoms with Gasteiger partial charge in [0.25, 0.3) is 5.91 Å². The van der Waals surface area contributed by atoms with Gasteiger partial charge in [0, 0.05) is 16.6 Å². The summed E-state index contributed by atoms with van der Waals surface area (Å²) in [7, 11) is 0. The zero-order chi connectivity index (χ0) is 12.0. The molecule has 0 atom stereocenters. The van der Waals surface area contributed by atoms with E-state index in [1.54, 1.807) is 0 Å². The van der Waals surface area contributed by atoms with Gasteiger partial charge in [-0.3, -0.25) is 4.79 Å². The number of carbonyl (C=O) groups is 1. The van der Waals surface area contributed by atoms with Crippen LogP contribution in [-0.4, -0.2) is 16.9 Å². The number of amides is 1. The molecule has 1 rings (SSSR count). The van der Waals surface area contributed by atoms with Crippen molar-refractivity contribution in [1.29, 1.82) is 0 Å². The summed E-state index contributed by atoms with van der Waals surface area (Å²) in [5.74, 6) is 0.0206. The Kier molecular flexibility index (Phi) is 6.34. The molecule has 0 saturated heterocycles. The molecule has 0 spiro atoms. The number of unbranched alkanes of at least 4 members (excludes halogenated alkanes) is 1. The van der Waals surface area contributed by atoms with Gasteiger partial charge in [-0.2, -0.15) is 0 Å². The van der Waals surface area contributed by atoms with Crippen LogP contribution in [0.15, 0.2) is 22.7 Å². The molecule has 4 heteroatoms. The third kappa shape index (κ3) is 4.41. The summed E-state index contributed by atoms with van der Waals surface area (Å²) in [6.45, 7) is 2.71. The van der Waals surface area contributed by atoms with E-state index in [-0.39, 0.29) is 5.91 Å². The Labute approximate surface area is 118 Å². The van der Waals surface area contributed by atoms with Gasteiger partial charge in [-0.15, -0.1) is 0 Å². The standard InChI is InChI=1S/C12H15BrINO/c1-9-4-5-10(13)8-11(9)12(16)15-7-3-2-6-14/h4-5,8H,2-3,6-7H2,1H3,(H,15,16). The lowest BCUT2D eigenvalue weighted by Crippen LogP contribution is -2.25. The summed E-state index contributed by atoms with van der Waals surface area (Å²) in [4.78, 5) is 11.8. The number of hydrogen-bond donors (Lipinski definition) is 1. The molecule has 0 bridgehead atoms. The van der Waals surface area contributed by atoms with Crippen LogP contribution < -0.4 is 5.32 Å². The third-order valence-electron chi connectivity index (χ3n) is 2.29. The maximum atomic E-state index is 11.8. The number of carbonyl (C=O) groups excluding carboxylic acids is 1. The van der Waals surface area contributed by atoms with Crippen LogP contribution in [0.2, 0.25) is 0 Å². The SMILES string of the molecule is Cc1ccc(Br)cc1C(=O)NCCCCI. The zero-order valence-electron chi connectivity index (χ0n) is 9.22. The molecule has 0 saturated carbocycles. The quantitative estimate of drug-likeness (QED) is 0.459. The maximum Gasteiger partial charge on any atom is 0.251 e. The van der Waals surface area contributed by atoms with Crippen LogP contribution in [0.3, 0.4) is 0 Å². The first-order valence-electron chi connectivity index (χ1n) is 5.25. The van der Waals surface area contributed by atoms with Crippen molar-refractivity contribution >= 4 is 44.4 Å².